The van der Waals surface area contributed by atoms with Crippen LogP contribution in [0, 0.1) is 28.8 Å². The van der Waals surface area contributed by atoms with E-state index in [0.29, 0.717) is 30.0 Å². The molecule has 0 amide bonds. The molecule has 0 radical (unpaired) electrons. The van der Waals surface area contributed by atoms with Crippen molar-refractivity contribution in [2.24, 2.45) is 0 Å². The zero-order valence-corrected chi connectivity index (χ0v) is 22.4. The average Bonchev–Trinajstić information content (AvgIpc) is 3.31. The van der Waals surface area contributed by atoms with Gasteiger partial charge in [0.1, 0.15) is 29.9 Å². The Hall–Kier alpha value is -5.28. The lowest BCUT2D eigenvalue weighted by Gasteiger charge is -2.27. The minimum Gasteiger partial charge on any atom is -0.478 e. The Morgan fingerprint density at radius 2 is 1.86 bits per heavy atom. The highest BCUT2D eigenvalue weighted by Crippen LogP contribution is 2.28. The molecule has 1 N–H and O–H groups in total. The Kier molecular flexibility index (Phi) is 7.48. The maximum Gasteiger partial charge on any atom is 0.335 e. The first-order valence-corrected chi connectivity index (χ1v) is 13.3. The van der Waals surface area contributed by atoms with Gasteiger partial charge in [-0.1, -0.05) is 6.07 Å². The van der Waals surface area contributed by atoms with Crippen LogP contribution in [0.3, 0.4) is 0 Å². The van der Waals surface area contributed by atoms with Crippen LogP contribution in [0.1, 0.15) is 39.3 Å². The standard InChI is InChI=1S/C31H22F3N5O4/c32-23-9-17(14-35)1-2-19(23)16-43-29-5-7-36-30(38-29)22-13-24(33)20(10-25(22)34)12-28-37-26-4-3-18(31(40)41)11-27(26)39(28)15-21-6-8-42-21/h1-5,7,9-11,13,21H,6,8,12,15-16H2,(H,40,41)/t21-/m0/s1. The molecule has 1 aliphatic heterocycles. The van der Waals surface area contributed by atoms with Crippen LogP contribution in [-0.2, 0) is 24.3 Å². The molecule has 43 heavy (non-hydrogen) atoms. The van der Waals surface area contributed by atoms with E-state index in [4.69, 9.17) is 14.7 Å². The molecule has 0 saturated carbocycles. The van der Waals surface area contributed by atoms with Gasteiger partial charge in [-0.15, -0.1) is 0 Å². The Bertz CT molecular complexity index is 1920. The molecule has 12 heteroatoms. The third-order valence-electron chi connectivity index (χ3n) is 7.17. The van der Waals surface area contributed by atoms with Gasteiger partial charge in [-0.3, -0.25) is 0 Å². The Balaban J connectivity index is 1.26. The second-order valence-corrected chi connectivity index (χ2v) is 9.95. The summed E-state index contributed by atoms with van der Waals surface area (Å²) in [7, 11) is 0. The van der Waals surface area contributed by atoms with E-state index in [9.17, 15) is 14.3 Å². The first-order valence-electron chi connectivity index (χ1n) is 13.3. The summed E-state index contributed by atoms with van der Waals surface area (Å²) in [6.07, 6.45) is 1.98. The van der Waals surface area contributed by atoms with E-state index < -0.39 is 23.4 Å². The number of carbonyl (C=O) groups is 1. The molecule has 0 bridgehead atoms. The molecular weight excluding hydrogens is 563 g/mol. The number of nitriles is 1. The highest BCUT2D eigenvalue weighted by Gasteiger charge is 2.24. The molecule has 1 saturated heterocycles. The van der Waals surface area contributed by atoms with E-state index in [2.05, 4.69) is 15.0 Å². The van der Waals surface area contributed by atoms with E-state index in [1.807, 2.05) is 6.07 Å². The Morgan fingerprint density at radius 1 is 1.05 bits per heavy atom. The topological polar surface area (TPSA) is 123 Å². The van der Waals surface area contributed by atoms with Crippen LogP contribution in [0.5, 0.6) is 5.88 Å². The Labute approximate surface area is 242 Å². The van der Waals surface area contributed by atoms with Crippen LogP contribution in [0.4, 0.5) is 13.2 Å². The van der Waals surface area contributed by atoms with E-state index in [1.54, 1.807) is 10.6 Å². The zero-order chi connectivity index (χ0) is 30.1. The minimum absolute atomic E-state index is 0.0188. The summed E-state index contributed by atoms with van der Waals surface area (Å²) in [5, 5.41) is 18.3. The molecule has 9 nitrogen and oxygen atoms in total. The SMILES string of the molecule is N#Cc1ccc(COc2ccnc(-c3cc(F)c(Cc4nc5ccc(C(=O)O)cc5n4C[C@@H]4CCO4)cc3F)n2)c(F)c1. The van der Waals surface area contributed by atoms with E-state index >= 15 is 8.78 Å². The summed E-state index contributed by atoms with van der Waals surface area (Å²) in [6, 6.07) is 13.8. The lowest BCUT2D eigenvalue weighted by molar-refractivity contribution is -0.0589. The third-order valence-corrected chi connectivity index (χ3v) is 7.17. The quantitative estimate of drug-likeness (QED) is 0.243. The highest BCUT2D eigenvalue weighted by atomic mass is 19.1. The van der Waals surface area contributed by atoms with E-state index in [0.717, 1.165) is 24.6 Å². The van der Waals surface area contributed by atoms with Gasteiger partial charge in [-0.2, -0.15) is 10.2 Å². The molecule has 6 rings (SSSR count). The summed E-state index contributed by atoms with van der Waals surface area (Å²) in [5.41, 5.74) is 1.38. The van der Waals surface area contributed by atoms with Crippen molar-refractivity contribution in [2.45, 2.75) is 32.1 Å². The van der Waals surface area contributed by atoms with Crippen LogP contribution in [-0.4, -0.2) is 43.3 Å². The highest BCUT2D eigenvalue weighted by molar-refractivity contribution is 5.92. The number of nitrogens with zero attached hydrogens (tertiary/aromatic N) is 5. The van der Waals surface area contributed by atoms with Crippen LogP contribution >= 0.6 is 0 Å². The number of ether oxygens (including phenoxy) is 2. The molecule has 3 aromatic carbocycles. The van der Waals surface area contributed by atoms with Crippen LogP contribution < -0.4 is 4.74 Å². The normalized spacial score (nSPS) is 14.3. The fourth-order valence-electron chi connectivity index (χ4n) is 4.78. The molecule has 1 atom stereocenters. The summed E-state index contributed by atoms with van der Waals surface area (Å²) in [5.74, 6) is -2.87. The molecule has 1 aliphatic rings. The monoisotopic (exact) mass is 585 g/mol. The number of fused-ring (bicyclic) bond motifs is 1. The van der Waals surface area contributed by atoms with Gasteiger partial charge in [-0.25, -0.2) is 27.9 Å². The van der Waals surface area contributed by atoms with Crippen molar-refractivity contribution < 1.29 is 32.5 Å². The fraction of sp³-hybridized carbons (Fsp3) is 0.194. The number of benzene rings is 3. The Morgan fingerprint density at radius 3 is 2.58 bits per heavy atom. The molecule has 0 spiro atoms. The number of halogens is 3. The molecule has 1 fully saturated rings. The van der Waals surface area contributed by atoms with Gasteiger partial charge in [-0.05, 0) is 54.4 Å². The van der Waals surface area contributed by atoms with E-state index in [-0.39, 0.29) is 58.7 Å². The summed E-state index contributed by atoms with van der Waals surface area (Å²) in [6.45, 7) is 0.809. The molecule has 2 aromatic heterocycles. The van der Waals surface area contributed by atoms with Gasteiger partial charge in [0, 0.05) is 30.9 Å². The summed E-state index contributed by atoms with van der Waals surface area (Å²) >= 11 is 0. The number of carboxylic acids is 1. The number of carboxylic acid groups (broad SMARTS) is 1. The van der Waals surface area contributed by atoms with Crippen molar-refractivity contribution in [2.75, 3.05) is 6.61 Å². The number of rotatable bonds is 9. The van der Waals surface area contributed by atoms with Gasteiger partial charge in [0.15, 0.2) is 5.82 Å². The number of hydrogen-bond donors (Lipinski definition) is 1. The predicted octanol–water partition coefficient (Wildman–Crippen LogP) is 5.44. The molecule has 0 unspecified atom stereocenters. The number of aromatic carboxylic acids is 1. The maximum atomic E-state index is 15.4. The van der Waals surface area contributed by atoms with Crippen LogP contribution in [0.25, 0.3) is 22.4 Å². The van der Waals surface area contributed by atoms with Gasteiger partial charge in [0.2, 0.25) is 5.88 Å². The summed E-state index contributed by atoms with van der Waals surface area (Å²) in [4.78, 5) is 24.3. The number of aromatic nitrogens is 4. The van der Waals surface area contributed by atoms with Crippen molar-refractivity contribution in [1.82, 2.24) is 19.5 Å². The largest absolute Gasteiger partial charge is 0.478 e. The van der Waals surface area contributed by atoms with Gasteiger partial charge < -0.3 is 19.1 Å². The first-order chi connectivity index (χ1) is 20.8. The second kappa shape index (κ2) is 11.5. The molecule has 5 aromatic rings. The van der Waals surface area contributed by atoms with Crippen molar-refractivity contribution in [3.05, 3.63) is 106 Å². The summed E-state index contributed by atoms with van der Waals surface area (Å²) < 4.78 is 57.9. The number of hydrogen-bond acceptors (Lipinski definition) is 7. The first kappa shape index (κ1) is 27.9. The lowest BCUT2D eigenvalue weighted by atomic mass is 10.1. The van der Waals surface area contributed by atoms with Crippen molar-refractivity contribution in [3.63, 3.8) is 0 Å². The van der Waals surface area contributed by atoms with Gasteiger partial charge in [0.05, 0.1) is 46.4 Å². The smallest absolute Gasteiger partial charge is 0.335 e. The number of imidazole rings is 1. The fourth-order valence-corrected chi connectivity index (χ4v) is 4.78. The predicted molar refractivity (Wildman–Crippen MR) is 147 cm³/mol. The lowest BCUT2D eigenvalue weighted by Crippen LogP contribution is -2.31. The zero-order valence-electron chi connectivity index (χ0n) is 22.4. The van der Waals surface area contributed by atoms with Crippen molar-refractivity contribution >= 4 is 17.0 Å². The molecular formula is C31H22F3N5O4. The maximum absolute atomic E-state index is 15.4. The van der Waals surface area contributed by atoms with Crippen molar-refractivity contribution in [3.8, 4) is 23.3 Å². The van der Waals surface area contributed by atoms with Crippen LogP contribution in [0.15, 0.2) is 60.8 Å². The van der Waals surface area contributed by atoms with E-state index in [1.165, 1.54) is 36.5 Å². The molecule has 216 valence electrons. The minimum atomic E-state index is -1.09. The third kappa shape index (κ3) is 5.75. The second-order valence-electron chi connectivity index (χ2n) is 9.95. The van der Waals surface area contributed by atoms with Crippen LogP contribution in [0.2, 0.25) is 0 Å². The van der Waals surface area contributed by atoms with Gasteiger partial charge >= 0.3 is 5.97 Å². The average molecular weight is 586 g/mol. The van der Waals surface area contributed by atoms with Gasteiger partial charge in [0.25, 0.3) is 0 Å². The molecule has 3 heterocycles. The molecule has 0 aliphatic carbocycles. The van der Waals surface area contributed by atoms with Crippen molar-refractivity contribution in [1.29, 1.82) is 5.26 Å².